The maximum Gasteiger partial charge on any atom is 0.408 e. The molecule has 23 heavy (non-hydrogen) atoms. The topological polar surface area (TPSA) is 64.6 Å². The zero-order valence-electron chi connectivity index (χ0n) is 13.8. The SMILES string of the molecule is COC(=O)[C@H](NC(=O)OC(C)(C)C)c1cccc2ccccc12. The number of fused-ring (bicyclic) bond motifs is 1. The van der Waals surface area contributed by atoms with Crippen molar-refractivity contribution in [1.29, 1.82) is 0 Å². The molecule has 2 rings (SSSR count). The van der Waals surface area contributed by atoms with Crippen LogP contribution in [0.15, 0.2) is 42.5 Å². The Kier molecular flexibility index (Phi) is 4.89. The van der Waals surface area contributed by atoms with Crippen LogP contribution in [0.3, 0.4) is 0 Å². The van der Waals surface area contributed by atoms with Gasteiger partial charge in [-0.3, -0.25) is 0 Å². The van der Waals surface area contributed by atoms with Gasteiger partial charge in [0.15, 0.2) is 6.04 Å². The molecule has 1 N–H and O–H groups in total. The summed E-state index contributed by atoms with van der Waals surface area (Å²) in [4.78, 5) is 24.2. The van der Waals surface area contributed by atoms with Crippen molar-refractivity contribution in [3.63, 3.8) is 0 Å². The lowest BCUT2D eigenvalue weighted by molar-refractivity contribution is -0.143. The number of hydrogen-bond acceptors (Lipinski definition) is 4. The van der Waals surface area contributed by atoms with Crippen LogP contribution in [0.25, 0.3) is 10.8 Å². The van der Waals surface area contributed by atoms with E-state index in [9.17, 15) is 9.59 Å². The second kappa shape index (κ2) is 6.69. The van der Waals surface area contributed by atoms with Gasteiger partial charge in [-0.15, -0.1) is 0 Å². The lowest BCUT2D eigenvalue weighted by Crippen LogP contribution is -2.38. The molecule has 0 saturated carbocycles. The number of methoxy groups -OCH3 is 1. The van der Waals surface area contributed by atoms with Gasteiger partial charge < -0.3 is 14.8 Å². The van der Waals surface area contributed by atoms with E-state index >= 15 is 0 Å². The van der Waals surface area contributed by atoms with E-state index in [-0.39, 0.29) is 0 Å². The third kappa shape index (κ3) is 4.22. The van der Waals surface area contributed by atoms with E-state index in [1.54, 1.807) is 26.8 Å². The van der Waals surface area contributed by atoms with Gasteiger partial charge in [0, 0.05) is 0 Å². The molecule has 2 aromatic rings. The summed E-state index contributed by atoms with van der Waals surface area (Å²) in [6, 6.07) is 12.3. The zero-order valence-corrected chi connectivity index (χ0v) is 13.8. The quantitative estimate of drug-likeness (QED) is 0.879. The van der Waals surface area contributed by atoms with E-state index in [0.717, 1.165) is 10.8 Å². The predicted octanol–water partition coefficient (Wildman–Crippen LogP) is 3.58. The van der Waals surface area contributed by atoms with Crippen molar-refractivity contribution in [1.82, 2.24) is 5.32 Å². The van der Waals surface area contributed by atoms with Crippen molar-refractivity contribution in [3.05, 3.63) is 48.0 Å². The molecular formula is C18H21NO4. The second-order valence-corrected chi connectivity index (χ2v) is 6.17. The molecule has 0 radical (unpaired) electrons. The van der Waals surface area contributed by atoms with Crippen LogP contribution in [0.4, 0.5) is 4.79 Å². The number of nitrogens with one attached hydrogen (secondary N) is 1. The average Bonchev–Trinajstić information content (AvgIpc) is 2.50. The molecule has 0 saturated heterocycles. The number of esters is 1. The van der Waals surface area contributed by atoms with E-state index in [1.165, 1.54) is 7.11 Å². The average molecular weight is 315 g/mol. The summed E-state index contributed by atoms with van der Waals surface area (Å²) in [5.74, 6) is -0.549. The van der Waals surface area contributed by atoms with Crippen LogP contribution in [0.5, 0.6) is 0 Å². The first-order valence-electron chi connectivity index (χ1n) is 7.37. The van der Waals surface area contributed by atoms with Crippen LogP contribution < -0.4 is 5.32 Å². The molecule has 122 valence electrons. The van der Waals surface area contributed by atoms with Crippen LogP contribution in [-0.2, 0) is 14.3 Å². The van der Waals surface area contributed by atoms with E-state index in [0.29, 0.717) is 5.56 Å². The summed E-state index contributed by atoms with van der Waals surface area (Å²) in [5, 5.41) is 4.45. The Bertz CT molecular complexity index is 713. The Hall–Kier alpha value is -2.56. The van der Waals surface area contributed by atoms with Crippen molar-refractivity contribution in [2.75, 3.05) is 7.11 Å². The highest BCUT2D eigenvalue weighted by molar-refractivity contribution is 5.92. The van der Waals surface area contributed by atoms with Crippen molar-refractivity contribution in [3.8, 4) is 0 Å². The molecule has 1 atom stereocenters. The van der Waals surface area contributed by atoms with E-state index in [4.69, 9.17) is 9.47 Å². The molecule has 0 heterocycles. The normalized spacial score (nSPS) is 12.5. The molecule has 0 fully saturated rings. The summed E-state index contributed by atoms with van der Waals surface area (Å²) >= 11 is 0. The third-order valence-electron chi connectivity index (χ3n) is 3.23. The van der Waals surface area contributed by atoms with Crippen LogP contribution >= 0.6 is 0 Å². The minimum Gasteiger partial charge on any atom is -0.467 e. The Morgan fingerprint density at radius 3 is 2.35 bits per heavy atom. The molecule has 0 bridgehead atoms. The third-order valence-corrected chi connectivity index (χ3v) is 3.23. The number of carbonyl (C=O) groups is 2. The largest absolute Gasteiger partial charge is 0.467 e. The monoisotopic (exact) mass is 315 g/mol. The van der Waals surface area contributed by atoms with Gasteiger partial charge in [-0.25, -0.2) is 9.59 Å². The number of carbonyl (C=O) groups excluding carboxylic acids is 2. The van der Waals surface area contributed by atoms with Gasteiger partial charge in [0.05, 0.1) is 7.11 Å². The summed E-state index contributed by atoms with van der Waals surface area (Å²) < 4.78 is 10.1. The molecule has 0 aliphatic carbocycles. The van der Waals surface area contributed by atoms with Crippen molar-refractivity contribution < 1.29 is 19.1 Å². The van der Waals surface area contributed by atoms with E-state index in [2.05, 4.69) is 5.32 Å². The molecule has 5 heteroatoms. The molecule has 2 aromatic carbocycles. The minimum atomic E-state index is -0.930. The fraction of sp³-hybridized carbons (Fsp3) is 0.333. The fourth-order valence-electron chi connectivity index (χ4n) is 2.31. The van der Waals surface area contributed by atoms with Crippen molar-refractivity contribution in [2.45, 2.75) is 32.4 Å². The molecule has 0 spiro atoms. The molecule has 1 amide bonds. The Morgan fingerprint density at radius 2 is 1.70 bits per heavy atom. The molecule has 0 unspecified atom stereocenters. The summed E-state index contributed by atoms with van der Waals surface area (Å²) in [7, 11) is 1.29. The molecular weight excluding hydrogens is 294 g/mol. The fourth-order valence-corrected chi connectivity index (χ4v) is 2.31. The smallest absolute Gasteiger partial charge is 0.408 e. The van der Waals surface area contributed by atoms with Crippen LogP contribution in [-0.4, -0.2) is 24.8 Å². The maximum atomic E-state index is 12.2. The number of hydrogen-bond donors (Lipinski definition) is 1. The van der Waals surface area contributed by atoms with E-state index in [1.807, 2.05) is 36.4 Å². The van der Waals surface area contributed by atoms with E-state index < -0.39 is 23.7 Å². The van der Waals surface area contributed by atoms with Crippen LogP contribution in [0.2, 0.25) is 0 Å². The Balaban J connectivity index is 2.38. The Labute approximate surface area is 135 Å². The molecule has 0 aromatic heterocycles. The van der Waals surface area contributed by atoms with Gasteiger partial charge in [-0.05, 0) is 37.1 Å². The number of ether oxygens (including phenoxy) is 2. The number of benzene rings is 2. The van der Waals surface area contributed by atoms with Gasteiger partial charge in [-0.1, -0.05) is 42.5 Å². The molecule has 0 aliphatic heterocycles. The van der Waals surface area contributed by atoms with Gasteiger partial charge in [0.1, 0.15) is 5.60 Å². The van der Waals surface area contributed by atoms with Crippen molar-refractivity contribution in [2.24, 2.45) is 0 Å². The highest BCUT2D eigenvalue weighted by Gasteiger charge is 2.27. The van der Waals surface area contributed by atoms with Gasteiger partial charge in [-0.2, -0.15) is 0 Å². The van der Waals surface area contributed by atoms with Crippen molar-refractivity contribution >= 4 is 22.8 Å². The predicted molar refractivity (Wildman–Crippen MR) is 88.1 cm³/mol. The van der Waals surface area contributed by atoms with Gasteiger partial charge in [0.2, 0.25) is 0 Å². The summed E-state index contributed by atoms with van der Waals surface area (Å²) in [6.45, 7) is 5.28. The number of rotatable bonds is 3. The number of alkyl carbamates (subject to hydrolysis) is 1. The summed E-state index contributed by atoms with van der Waals surface area (Å²) in [6.07, 6.45) is -0.666. The maximum absolute atomic E-state index is 12.2. The first-order valence-corrected chi connectivity index (χ1v) is 7.37. The zero-order chi connectivity index (χ0) is 17.0. The standard InChI is InChI=1S/C18H21NO4/c1-18(2,3)23-17(21)19-15(16(20)22-4)14-11-7-9-12-8-5-6-10-13(12)14/h5-11,15H,1-4H3,(H,19,21)/t15-/m1/s1. The molecule has 0 aliphatic rings. The lowest BCUT2D eigenvalue weighted by Gasteiger charge is -2.23. The Morgan fingerprint density at radius 1 is 1.04 bits per heavy atom. The second-order valence-electron chi connectivity index (χ2n) is 6.17. The highest BCUT2D eigenvalue weighted by atomic mass is 16.6. The van der Waals surface area contributed by atoms with Crippen LogP contribution in [0, 0.1) is 0 Å². The molecule has 5 nitrogen and oxygen atoms in total. The lowest BCUT2D eigenvalue weighted by atomic mass is 9.99. The van der Waals surface area contributed by atoms with Crippen LogP contribution in [0.1, 0.15) is 32.4 Å². The summed E-state index contributed by atoms with van der Waals surface area (Å²) in [5.41, 5.74) is 0.0181. The minimum absolute atomic E-state index is 0.549. The number of amides is 1. The van der Waals surface area contributed by atoms with Gasteiger partial charge in [0.25, 0.3) is 0 Å². The van der Waals surface area contributed by atoms with Gasteiger partial charge >= 0.3 is 12.1 Å². The first-order chi connectivity index (χ1) is 10.8. The highest BCUT2D eigenvalue weighted by Crippen LogP contribution is 2.25. The first kappa shape index (κ1) is 16.8.